The van der Waals surface area contributed by atoms with E-state index in [9.17, 15) is 18.5 Å². The predicted octanol–water partition coefficient (Wildman–Crippen LogP) is 1.95. The Kier molecular flexibility index (Phi) is 4.18. The molecule has 0 bridgehead atoms. The van der Waals surface area contributed by atoms with Crippen molar-refractivity contribution in [2.24, 2.45) is 0 Å². The Balaban J connectivity index is 2.36. The van der Waals surface area contributed by atoms with Crippen LogP contribution in [0.4, 0.5) is 11.4 Å². The number of nitrogens with zero attached hydrogens (tertiary/aromatic N) is 1. The summed E-state index contributed by atoms with van der Waals surface area (Å²) in [7, 11) is -2.75. The zero-order chi connectivity index (χ0) is 16.3. The van der Waals surface area contributed by atoms with Gasteiger partial charge >= 0.3 is 10.1 Å². The number of methoxy groups -OCH3 is 1. The third-order valence-corrected chi connectivity index (χ3v) is 3.98. The average Bonchev–Trinajstić information content (AvgIpc) is 2.48. The summed E-state index contributed by atoms with van der Waals surface area (Å²) in [5.41, 5.74) is 4.92. The van der Waals surface area contributed by atoms with Crippen LogP contribution in [0.1, 0.15) is 0 Å². The fourth-order valence-corrected chi connectivity index (χ4v) is 2.62. The van der Waals surface area contributed by atoms with Crippen LogP contribution in [-0.4, -0.2) is 20.5 Å². The van der Waals surface area contributed by atoms with E-state index in [1.54, 1.807) is 6.07 Å². The number of nitrogen functional groups attached to an aromatic ring is 1. The number of anilines is 1. The van der Waals surface area contributed by atoms with Crippen LogP contribution in [0.15, 0.2) is 47.4 Å². The van der Waals surface area contributed by atoms with Gasteiger partial charge in [0, 0.05) is 6.07 Å². The number of hydrogen-bond donors (Lipinski definition) is 1. The quantitative estimate of drug-likeness (QED) is 0.386. The SMILES string of the molecule is COc1cccc(S(=O)(=O)Oc2ccc(N)c([N+](=O)[O-])c2)c1. The summed E-state index contributed by atoms with van der Waals surface area (Å²) in [4.78, 5) is 9.94. The molecule has 2 rings (SSSR count). The van der Waals surface area contributed by atoms with E-state index in [0.29, 0.717) is 5.75 Å². The number of nitro benzene ring substituents is 1. The highest BCUT2D eigenvalue weighted by molar-refractivity contribution is 7.87. The molecule has 0 aliphatic heterocycles. The normalized spacial score (nSPS) is 11.0. The molecule has 0 radical (unpaired) electrons. The molecule has 0 aromatic heterocycles. The molecule has 0 spiro atoms. The fourth-order valence-electron chi connectivity index (χ4n) is 1.66. The number of ether oxygens (including phenoxy) is 1. The zero-order valence-electron chi connectivity index (χ0n) is 11.4. The van der Waals surface area contributed by atoms with Crippen molar-refractivity contribution >= 4 is 21.5 Å². The Morgan fingerprint density at radius 1 is 1.14 bits per heavy atom. The lowest BCUT2D eigenvalue weighted by atomic mass is 10.2. The fraction of sp³-hybridized carbons (Fsp3) is 0.0769. The van der Waals surface area contributed by atoms with Crippen LogP contribution in [0.25, 0.3) is 0 Å². The van der Waals surface area contributed by atoms with Crippen LogP contribution in [0, 0.1) is 10.1 Å². The monoisotopic (exact) mass is 324 g/mol. The van der Waals surface area contributed by atoms with Crippen molar-refractivity contribution < 1.29 is 22.3 Å². The first-order valence-corrected chi connectivity index (χ1v) is 7.37. The van der Waals surface area contributed by atoms with Gasteiger partial charge in [0.25, 0.3) is 5.69 Å². The molecule has 116 valence electrons. The summed E-state index contributed by atoms with van der Waals surface area (Å²) in [5, 5.41) is 10.8. The predicted molar refractivity (Wildman–Crippen MR) is 78.3 cm³/mol. The number of nitrogens with two attached hydrogens (primary N) is 1. The van der Waals surface area contributed by atoms with Gasteiger partial charge in [-0.05, 0) is 24.3 Å². The smallest absolute Gasteiger partial charge is 0.339 e. The maximum Gasteiger partial charge on any atom is 0.339 e. The highest BCUT2D eigenvalue weighted by atomic mass is 32.2. The summed E-state index contributed by atoms with van der Waals surface area (Å²) in [5.74, 6) is 0.136. The van der Waals surface area contributed by atoms with Crippen molar-refractivity contribution in [2.75, 3.05) is 12.8 Å². The number of benzene rings is 2. The first kappa shape index (κ1) is 15.6. The van der Waals surface area contributed by atoms with Gasteiger partial charge in [-0.1, -0.05) is 6.07 Å². The van der Waals surface area contributed by atoms with Crippen molar-refractivity contribution in [3.05, 3.63) is 52.6 Å². The van der Waals surface area contributed by atoms with E-state index in [4.69, 9.17) is 14.7 Å². The Bertz CT molecular complexity index is 819. The van der Waals surface area contributed by atoms with Gasteiger partial charge in [-0.15, -0.1) is 0 Å². The van der Waals surface area contributed by atoms with Gasteiger partial charge in [-0.3, -0.25) is 10.1 Å². The van der Waals surface area contributed by atoms with Gasteiger partial charge in [-0.25, -0.2) is 0 Å². The van der Waals surface area contributed by atoms with Crippen molar-refractivity contribution in [3.8, 4) is 11.5 Å². The van der Waals surface area contributed by atoms with E-state index in [1.807, 2.05) is 0 Å². The Morgan fingerprint density at radius 2 is 1.86 bits per heavy atom. The van der Waals surface area contributed by atoms with Crippen LogP contribution in [0.2, 0.25) is 0 Å². The summed E-state index contributed by atoms with van der Waals surface area (Å²) >= 11 is 0. The van der Waals surface area contributed by atoms with Crippen molar-refractivity contribution in [1.29, 1.82) is 0 Å². The second kappa shape index (κ2) is 5.90. The number of nitro groups is 1. The molecule has 0 fully saturated rings. The van der Waals surface area contributed by atoms with Crippen molar-refractivity contribution in [1.82, 2.24) is 0 Å². The molecular formula is C13H12N2O6S. The van der Waals surface area contributed by atoms with E-state index in [0.717, 1.165) is 6.07 Å². The average molecular weight is 324 g/mol. The van der Waals surface area contributed by atoms with Gasteiger partial charge in [0.15, 0.2) is 0 Å². The molecule has 22 heavy (non-hydrogen) atoms. The highest BCUT2D eigenvalue weighted by Gasteiger charge is 2.20. The van der Waals surface area contributed by atoms with Gasteiger partial charge < -0.3 is 14.7 Å². The zero-order valence-corrected chi connectivity index (χ0v) is 12.2. The van der Waals surface area contributed by atoms with Crippen LogP contribution < -0.4 is 14.7 Å². The molecule has 2 N–H and O–H groups in total. The maximum absolute atomic E-state index is 12.2. The van der Waals surface area contributed by atoms with E-state index >= 15 is 0 Å². The van der Waals surface area contributed by atoms with E-state index in [1.165, 1.54) is 37.4 Å². The first-order chi connectivity index (χ1) is 10.3. The second-order valence-electron chi connectivity index (χ2n) is 4.19. The van der Waals surface area contributed by atoms with Gasteiger partial charge in [-0.2, -0.15) is 8.42 Å². The lowest BCUT2D eigenvalue weighted by Gasteiger charge is -2.08. The highest BCUT2D eigenvalue weighted by Crippen LogP contribution is 2.29. The molecule has 0 saturated carbocycles. The minimum Gasteiger partial charge on any atom is -0.497 e. The van der Waals surface area contributed by atoms with Gasteiger partial charge in [0.2, 0.25) is 0 Å². The largest absolute Gasteiger partial charge is 0.497 e. The summed E-state index contributed by atoms with van der Waals surface area (Å²) in [6, 6.07) is 9.06. The maximum atomic E-state index is 12.2. The standard InChI is InChI=1S/C13H12N2O6S/c1-20-9-3-2-4-11(7-9)22(18,19)21-10-5-6-12(14)13(8-10)15(16)17/h2-8H,14H2,1H3. The van der Waals surface area contributed by atoms with Gasteiger partial charge in [0.1, 0.15) is 22.1 Å². The van der Waals surface area contributed by atoms with Crippen LogP contribution in [0.5, 0.6) is 11.5 Å². The minimum atomic E-state index is -4.14. The minimum absolute atomic E-state index is 0.0869. The molecular weight excluding hydrogens is 312 g/mol. The molecule has 9 heteroatoms. The van der Waals surface area contributed by atoms with Crippen molar-refractivity contribution in [2.45, 2.75) is 4.90 Å². The summed E-state index contributed by atoms with van der Waals surface area (Å²) in [6.07, 6.45) is 0. The van der Waals surface area contributed by atoms with Crippen LogP contribution in [-0.2, 0) is 10.1 Å². The second-order valence-corrected chi connectivity index (χ2v) is 5.74. The van der Waals surface area contributed by atoms with E-state index in [-0.39, 0.29) is 16.3 Å². The molecule has 8 nitrogen and oxygen atoms in total. The molecule has 0 heterocycles. The topological polar surface area (TPSA) is 122 Å². The lowest BCUT2D eigenvalue weighted by Crippen LogP contribution is -2.10. The number of rotatable bonds is 5. The van der Waals surface area contributed by atoms with E-state index < -0.39 is 20.7 Å². The van der Waals surface area contributed by atoms with E-state index in [2.05, 4.69) is 0 Å². The lowest BCUT2D eigenvalue weighted by molar-refractivity contribution is -0.383. The van der Waals surface area contributed by atoms with Crippen LogP contribution >= 0.6 is 0 Å². The summed E-state index contributed by atoms with van der Waals surface area (Å²) in [6.45, 7) is 0. The molecule has 2 aromatic rings. The van der Waals surface area contributed by atoms with Crippen molar-refractivity contribution in [3.63, 3.8) is 0 Å². The molecule has 0 atom stereocenters. The number of hydrogen-bond acceptors (Lipinski definition) is 7. The molecule has 2 aromatic carbocycles. The molecule has 0 aliphatic rings. The summed E-state index contributed by atoms with van der Waals surface area (Å²) < 4.78 is 34.1. The Morgan fingerprint density at radius 3 is 2.50 bits per heavy atom. The third-order valence-electron chi connectivity index (χ3n) is 2.73. The molecule has 0 unspecified atom stereocenters. The molecule has 0 aliphatic carbocycles. The van der Waals surface area contributed by atoms with Crippen LogP contribution in [0.3, 0.4) is 0 Å². The first-order valence-electron chi connectivity index (χ1n) is 5.96. The molecule has 0 saturated heterocycles. The van der Waals surface area contributed by atoms with Gasteiger partial charge in [0.05, 0.1) is 18.1 Å². The third kappa shape index (κ3) is 3.26. The Hall–Kier alpha value is -2.81. The molecule has 0 amide bonds. The Labute approximate surface area is 126 Å².